The Kier molecular flexibility index (Phi) is 6.40. The van der Waals surface area contributed by atoms with E-state index in [0.717, 1.165) is 6.07 Å². The van der Waals surface area contributed by atoms with Crippen molar-refractivity contribution in [2.45, 2.75) is 25.8 Å². The number of hydrogen-bond acceptors (Lipinski definition) is 3. The number of ether oxygens (including phenoxy) is 1. The molecule has 3 rings (SSSR count). The first kappa shape index (κ1) is 21.4. The van der Waals surface area contributed by atoms with Crippen LogP contribution < -0.4 is 0 Å². The van der Waals surface area contributed by atoms with Crippen molar-refractivity contribution in [1.29, 1.82) is 0 Å². The molecule has 0 aliphatic carbocycles. The van der Waals surface area contributed by atoms with Crippen molar-refractivity contribution in [2.24, 2.45) is 0 Å². The summed E-state index contributed by atoms with van der Waals surface area (Å²) in [6, 6.07) is 8.97. The molecule has 7 heteroatoms. The van der Waals surface area contributed by atoms with Gasteiger partial charge in [-0.25, -0.2) is 18.0 Å². The molecule has 0 bridgehead atoms. The third kappa shape index (κ3) is 4.30. The minimum atomic E-state index is -0.952. The molecule has 30 heavy (non-hydrogen) atoms. The van der Waals surface area contributed by atoms with E-state index >= 15 is 0 Å². The van der Waals surface area contributed by atoms with Crippen molar-refractivity contribution < 1.29 is 27.5 Å². The van der Waals surface area contributed by atoms with E-state index in [0.29, 0.717) is 6.07 Å². The molecule has 1 aliphatic rings. The number of amides is 1. The van der Waals surface area contributed by atoms with Gasteiger partial charge < -0.3 is 9.64 Å². The fraction of sp³-hybridized carbons (Fsp3) is 0.217. The number of rotatable bonds is 6. The van der Waals surface area contributed by atoms with Gasteiger partial charge in [0.2, 0.25) is 5.91 Å². The Labute approximate surface area is 172 Å². The number of nitrogens with zero attached hydrogens (tertiary/aromatic N) is 1. The summed E-state index contributed by atoms with van der Waals surface area (Å²) in [4.78, 5) is 26.9. The molecule has 2 aromatic carbocycles. The Morgan fingerprint density at radius 2 is 1.93 bits per heavy atom. The van der Waals surface area contributed by atoms with E-state index in [1.165, 1.54) is 42.2 Å². The third-order valence-corrected chi connectivity index (χ3v) is 5.00. The summed E-state index contributed by atoms with van der Waals surface area (Å²) in [5, 5.41) is 0. The topological polar surface area (TPSA) is 46.6 Å². The van der Waals surface area contributed by atoms with Gasteiger partial charge in [-0.05, 0) is 24.6 Å². The van der Waals surface area contributed by atoms with Crippen molar-refractivity contribution in [1.82, 2.24) is 4.90 Å². The highest BCUT2D eigenvalue weighted by Gasteiger charge is 2.38. The second kappa shape index (κ2) is 8.98. The zero-order valence-electron chi connectivity index (χ0n) is 16.3. The largest absolute Gasteiger partial charge is 0.458 e. The fourth-order valence-electron chi connectivity index (χ4n) is 3.53. The van der Waals surface area contributed by atoms with Crippen molar-refractivity contribution in [3.05, 3.63) is 95.0 Å². The molecule has 0 N–H and O–H groups in total. The standard InChI is InChI=1S/C23H20F3NO3/c1-3-10-30-23(29)22-14(2)27(13-15-6-4-5-7-19(15)25)21(28)12-18(22)17-9-8-16(24)11-20(17)26/h3-9,11,18H,1,10,12-13H2,2H3/t18-/m1/s1. The Morgan fingerprint density at radius 3 is 2.60 bits per heavy atom. The van der Waals surface area contributed by atoms with Gasteiger partial charge in [-0.15, -0.1) is 0 Å². The van der Waals surface area contributed by atoms with Crippen LogP contribution in [0.5, 0.6) is 0 Å². The summed E-state index contributed by atoms with van der Waals surface area (Å²) in [5.41, 5.74) is 0.589. The van der Waals surface area contributed by atoms with E-state index in [1.54, 1.807) is 6.07 Å². The SMILES string of the molecule is C=CCOC(=O)C1=C(C)N(Cc2ccccc2F)C(=O)C[C@@H]1c1ccc(F)cc1F. The summed E-state index contributed by atoms with van der Waals surface area (Å²) in [5.74, 6) is -4.22. The zero-order valence-corrected chi connectivity index (χ0v) is 16.3. The molecule has 1 amide bonds. The molecule has 156 valence electrons. The van der Waals surface area contributed by atoms with Crippen molar-refractivity contribution in [3.8, 4) is 0 Å². The Morgan fingerprint density at radius 1 is 1.20 bits per heavy atom. The number of esters is 1. The number of carbonyl (C=O) groups is 2. The normalized spacial score (nSPS) is 16.6. The Bertz CT molecular complexity index is 1030. The molecule has 1 heterocycles. The van der Waals surface area contributed by atoms with Crippen molar-refractivity contribution in [2.75, 3.05) is 6.61 Å². The Balaban J connectivity index is 2.07. The maximum Gasteiger partial charge on any atom is 0.336 e. The average molecular weight is 415 g/mol. The molecule has 0 radical (unpaired) electrons. The predicted molar refractivity (Wildman–Crippen MR) is 105 cm³/mol. The zero-order chi connectivity index (χ0) is 21.8. The van der Waals surface area contributed by atoms with Gasteiger partial charge in [-0.1, -0.05) is 36.9 Å². The van der Waals surface area contributed by atoms with Crippen LogP contribution in [0.25, 0.3) is 0 Å². The minimum absolute atomic E-state index is 0.0141. The van der Waals surface area contributed by atoms with Crippen molar-refractivity contribution in [3.63, 3.8) is 0 Å². The van der Waals surface area contributed by atoms with E-state index in [-0.39, 0.29) is 42.0 Å². The van der Waals surface area contributed by atoms with Gasteiger partial charge in [-0.3, -0.25) is 4.79 Å². The number of halogens is 3. The number of carbonyl (C=O) groups excluding carboxylic acids is 2. The quantitative estimate of drug-likeness (QED) is 0.511. The summed E-state index contributed by atoms with van der Waals surface area (Å²) < 4.78 is 47.1. The van der Waals surface area contributed by atoms with Crippen LogP contribution in [-0.4, -0.2) is 23.4 Å². The maximum absolute atomic E-state index is 14.5. The van der Waals surface area contributed by atoms with Crippen LogP contribution in [0.4, 0.5) is 13.2 Å². The maximum atomic E-state index is 14.5. The molecule has 4 nitrogen and oxygen atoms in total. The molecule has 0 spiro atoms. The van der Waals surface area contributed by atoms with Gasteiger partial charge in [-0.2, -0.15) is 0 Å². The highest BCUT2D eigenvalue weighted by atomic mass is 19.1. The summed E-state index contributed by atoms with van der Waals surface area (Å²) in [6.45, 7) is 4.85. The van der Waals surface area contributed by atoms with E-state index in [9.17, 15) is 22.8 Å². The monoisotopic (exact) mass is 415 g/mol. The lowest BCUT2D eigenvalue weighted by molar-refractivity contribution is -0.139. The number of benzene rings is 2. The molecular formula is C23H20F3NO3. The molecule has 2 aromatic rings. The van der Waals surface area contributed by atoms with Gasteiger partial charge in [0.1, 0.15) is 24.1 Å². The average Bonchev–Trinajstić information content (AvgIpc) is 2.70. The van der Waals surface area contributed by atoms with Crippen LogP contribution in [-0.2, 0) is 20.9 Å². The number of allylic oxidation sites excluding steroid dienone is 1. The lowest BCUT2D eigenvalue weighted by Crippen LogP contribution is -2.38. The summed E-state index contributed by atoms with van der Waals surface area (Å²) in [7, 11) is 0. The molecule has 0 saturated carbocycles. The molecule has 0 saturated heterocycles. The first-order chi connectivity index (χ1) is 14.3. The van der Waals surface area contributed by atoms with Crippen molar-refractivity contribution >= 4 is 11.9 Å². The minimum Gasteiger partial charge on any atom is -0.458 e. The van der Waals surface area contributed by atoms with Crippen LogP contribution in [0.15, 0.2) is 66.4 Å². The molecular weight excluding hydrogens is 395 g/mol. The molecule has 1 atom stereocenters. The lowest BCUT2D eigenvalue weighted by Gasteiger charge is -2.34. The molecule has 1 aliphatic heterocycles. The van der Waals surface area contributed by atoms with E-state index < -0.39 is 35.2 Å². The first-order valence-corrected chi connectivity index (χ1v) is 9.31. The Hall–Kier alpha value is -3.35. The number of hydrogen-bond donors (Lipinski definition) is 0. The smallest absolute Gasteiger partial charge is 0.336 e. The van der Waals surface area contributed by atoms with Crippen LogP contribution in [0.1, 0.15) is 30.4 Å². The van der Waals surface area contributed by atoms with Crippen LogP contribution in [0.3, 0.4) is 0 Å². The highest BCUT2D eigenvalue weighted by Crippen LogP contribution is 2.39. The summed E-state index contributed by atoms with van der Waals surface area (Å²) in [6.07, 6.45) is 1.14. The predicted octanol–water partition coefficient (Wildman–Crippen LogP) is 4.62. The summed E-state index contributed by atoms with van der Waals surface area (Å²) >= 11 is 0. The van der Waals surface area contributed by atoms with Gasteiger partial charge in [0.25, 0.3) is 0 Å². The molecule has 0 aromatic heterocycles. The first-order valence-electron chi connectivity index (χ1n) is 9.31. The van der Waals surface area contributed by atoms with Crippen LogP contribution >= 0.6 is 0 Å². The van der Waals surface area contributed by atoms with Crippen LogP contribution in [0.2, 0.25) is 0 Å². The van der Waals surface area contributed by atoms with Gasteiger partial charge in [0.15, 0.2) is 0 Å². The van der Waals surface area contributed by atoms with Gasteiger partial charge in [0, 0.05) is 29.7 Å². The van der Waals surface area contributed by atoms with Gasteiger partial charge >= 0.3 is 5.97 Å². The van der Waals surface area contributed by atoms with E-state index in [1.807, 2.05) is 0 Å². The third-order valence-electron chi connectivity index (χ3n) is 5.00. The second-order valence-corrected chi connectivity index (χ2v) is 6.88. The van der Waals surface area contributed by atoms with E-state index in [2.05, 4.69) is 6.58 Å². The van der Waals surface area contributed by atoms with Gasteiger partial charge in [0.05, 0.1) is 12.1 Å². The fourth-order valence-corrected chi connectivity index (χ4v) is 3.53. The lowest BCUT2D eigenvalue weighted by atomic mass is 9.83. The highest BCUT2D eigenvalue weighted by molar-refractivity contribution is 5.96. The second-order valence-electron chi connectivity index (χ2n) is 6.88. The van der Waals surface area contributed by atoms with Crippen LogP contribution in [0, 0.1) is 17.5 Å². The molecule has 0 unspecified atom stereocenters. The van der Waals surface area contributed by atoms with E-state index in [4.69, 9.17) is 4.74 Å². The molecule has 0 fully saturated rings.